The Bertz CT molecular complexity index is 1050. The van der Waals surface area contributed by atoms with Crippen molar-refractivity contribution in [1.29, 1.82) is 0 Å². The molecule has 3 aromatic carbocycles. The summed E-state index contributed by atoms with van der Waals surface area (Å²) in [4.78, 5) is 4.55. The molecule has 0 aliphatic rings. The van der Waals surface area contributed by atoms with E-state index < -0.39 is 0 Å². The predicted molar refractivity (Wildman–Crippen MR) is 122 cm³/mol. The molecule has 0 radical (unpaired) electrons. The van der Waals surface area contributed by atoms with Gasteiger partial charge in [-0.15, -0.1) is 0 Å². The summed E-state index contributed by atoms with van der Waals surface area (Å²) in [7, 11) is 0. The molecule has 1 N–H and O–H groups in total. The topological polar surface area (TPSA) is 24.9 Å². The van der Waals surface area contributed by atoms with E-state index >= 15 is 0 Å². The van der Waals surface area contributed by atoms with E-state index in [4.69, 9.17) is 0 Å². The van der Waals surface area contributed by atoms with Gasteiger partial charge in [0.25, 0.3) is 0 Å². The lowest BCUT2D eigenvalue weighted by atomic mass is 10.0. The second-order valence-electron chi connectivity index (χ2n) is 6.33. The van der Waals surface area contributed by atoms with Gasteiger partial charge in [-0.05, 0) is 52.6 Å². The Morgan fingerprint density at radius 2 is 1.43 bits per heavy atom. The first-order valence-electron chi connectivity index (χ1n) is 9.73. The summed E-state index contributed by atoms with van der Waals surface area (Å²) in [6.45, 7) is 6.09. The molecule has 0 unspecified atom stereocenters. The van der Waals surface area contributed by atoms with Crippen molar-refractivity contribution >= 4 is 22.2 Å². The Morgan fingerprint density at radius 3 is 2.14 bits per heavy atom. The average molecular weight is 367 g/mol. The first-order chi connectivity index (χ1) is 13.8. The van der Waals surface area contributed by atoms with Crippen LogP contribution >= 0.6 is 0 Å². The number of aromatic nitrogens is 1. The second kappa shape index (κ2) is 9.52. The number of benzene rings is 3. The van der Waals surface area contributed by atoms with Crippen LogP contribution in [0.3, 0.4) is 0 Å². The molecular weight excluding hydrogens is 340 g/mol. The fraction of sp³-hybridized carbons (Fsp3) is 0.115. The van der Waals surface area contributed by atoms with E-state index in [1.54, 1.807) is 0 Å². The largest absolute Gasteiger partial charge is 0.346 e. The van der Waals surface area contributed by atoms with Crippen molar-refractivity contribution in [2.75, 3.05) is 5.32 Å². The van der Waals surface area contributed by atoms with Gasteiger partial charge >= 0.3 is 0 Å². The maximum atomic E-state index is 4.55. The molecule has 4 rings (SSSR count). The van der Waals surface area contributed by atoms with Crippen LogP contribution in [0.2, 0.25) is 0 Å². The van der Waals surface area contributed by atoms with Gasteiger partial charge in [0.1, 0.15) is 5.82 Å². The number of nitrogens with one attached hydrogen (secondary N) is 1. The fourth-order valence-electron chi connectivity index (χ4n) is 2.99. The van der Waals surface area contributed by atoms with Gasteiger partial charge in [-0.2, -0.15) is 0 Å². The van der Waals surface area contributed by atoms with E-state index in [0.29, 0.717) is 0 Å². The Balaban J connectivity index is 0.00000109. The third kappa shape index (κ3) is 4.66. The monoisotopic (exact) mass is 366 g/mol. The Hall–Kier alpha value is -3.39. The zero-order valence-electron chi connectivity index (χ0n) is 16.7. The molecule has 0 saturated carbocycles. The fourth-order valence-corrected chi connectivity index (χ4v) is 2.99. The van der Waals surface area contributed by atoms with Crippen LogP contribution in [0.4, 0.5) is 5.82 Å². The number of hydrogen-bond acceptors (Lipinski definition) is 2. The molecule has 1 heterocycles. The van der Waals surface area contributed by atoms with Crippen molar-refractivity contribution in [2.45, 2.75) is 20.8 Å². The number of anilines is 1. The number of allylic oxidation sites excluding steroid dienone is 1. The van der Waals surface area contributed by atoms with E-state index in [1.165, 1.54) is 27.5 Å². The molecule has 2 heteroatoms. The minimum atomic E-state index is 0.838. The van der Waals surface area contributed by atoms with Gasteiger partial charge < -0.3 is 5.32 Å². The van der Waals surface area contributed by atoms with Crippen molar-refractivity contribution in [3.8, 4) is 11.1 Å². The molecule has 0 spiro atoms. The van der Waals surface area contributed by atoms with Gasteiger partial charge in [0, 0.05) is 18.0 Å². The number of nitrogens with zero attached hydrogens (tertiary/aromatic N) is 1. The number of fused-ring (bicyclic) bond motifs is 1. The van der Waals surface area contributed by atoms with Crippen LogP contribution in [0.25, 0.3) is 27.5 Å². The molecule has 28 heavy (non-hydrogen) atoms. The second-order valence-corrected chi connectivity index (χ2v) is 6.33. The van der Waals surface area contributed by atoms with Crippen LogP contribution in [0, 0.1) is 0 Å². The highest BCUT2D eigenvalue weighted by atomic mass is 15.0. The molecule has 0 aliphatic heterocycles. The summed E-state index contributed by atoms with van der Waals surface area (Å²) in [5, 5.41) is 5.78. The number of hydrogen-bond donors (Lipinski definition) is 1. The zero-order valence-corrected chi connectivity index (χ0v) is 16.7. The van der Waals surface area contributed by atoms with E-state index in [9.17, 15) is 0 Å². The molecule has 0 saturated heterocycles. The van der Waals surface area contributed by atoms with Gasteiger partial charge in [0.05, 0.1) is 0 Å². The average Bonchev–Trinajstić information content (AvgIpc) is 2.79. The van der Waals surface area contributed by atoms with E-state index in [0.717, 1.165) is 11.4 Å². The molecule has 0 atom stereocenters. The van der Waals surface area contributed by atoms with Crippen LogP contribution < -0.4 is 5.32 Å². The highest BCUT2D eigenvalue weighted by Gasteiger charge is 2.01. The lowest BCUT2D eigenvalue weighted by molar-refractivity contribution is 1.31. The smallest absolute Gasteiger partial charge is 0.129 e. The maximum Gasteiger partial charge on any atom is 0.129 e. The van der Waals surface area contributed by atoms with Gasteiger partial charge in [0.2, 0.25) is 0 Å². The van der Waals surface area contributed by atoms with Crippen molar-refractivity contribution in [1.82, 2.24) is 4.98 Å². The quantitative estimate of drug-likeness (QED) is 0.407. The lowest BCUT2D eigenvalue weighted by Crippen LogP contribution is -1.93. The molecule has 0 fully saturated rings. The summed E-state index contributed by atoms with van der Waals surface area (Å²) in [5.41, 5.74) is 4.67. The highest BCUT2D eigenvalue weighted by molar-refractivity contribution is 5.87. The molecule has 1 aromatic heterocycles. The van der Waals surface area contributed by atoms with Crippen LogP contribution in [0.1, 0.15) is 26.3 Å². The standard InChI is InChI=1S/C24H20N2.C2H6/c1-18(19-7-3-2-4-8-19)16-25-24-14-13-23(17-26-24)22-12-11-20-9-5-6-10-21(20)15-22;1-2/h2-17H,1H3,(H,25,26);1-2H3/b18-16+;. The van der Waals surface area contributed by atoms with Crippen molar-refractivity contribution in [2.24, 2.45) is 0 Å². The summed E-state index contributed by atoms with van der Waals surface area (Å²) >= 11 is 0. The zero-order chi connectivity index (χ0) is 19.8. The summed E-state index contributed by atoms with van der Waals surface area (Å²) < 4.78 is 0. The third-order valence-electron chi connectivity index (χ3n) is 4.51. The SMILES string of the molecule is C/C(=C\Nc1ccc(-c2ccc3ccccc3c2)cn1)c1ccccc1.CC. The van der Waals surface area contributed by atoms with Gasteiger partial charge in [-0.3, -0.25) is 0 Å². The summed E-state index contributed by atoms with van der Waals surface area (Å²) in [5.74, 6) is 0.838. The summed E-state index contributed by atoms with van der Waals surface area (Å²) in [6, 6.07) is 29.3. The molecule has 0 amide bonds. The Kier molecular flexibility index (Phi) is 6.59. The molecule has 0 aliphatic carbocycles. The van der Waals surface area contributed by atoms with E-state index in [-0.39, 0.29) is 0 Å². The van der Waals surface area contributed by atoms with E-state index in [1.807, 2.05) is 50.5 Å². The van der Waals surface area contributed by atoms with Gasteiger partial charge in [0.15, 0.2) is 0 Å². The summed E-state index contributed by atoms with van der Waals surface area (Å²) in [6.07, 6.45) is 3.91. The predicted octanol–water partition coefficient (Wildman–Crippen LogP) is 7.40. The van der Waals surface area contributed by atoms with Crippen LogP contribution in [0.5, 0.6) is 0 Å². The Labute approximate surface area is 167 Å². The highest BCUT2D eigenvalue weighted by Crippen LogP contribution is 2.24. The van der Waals surface area contributed by atoms with Crippen molar-refractivity contribution < 1.29 is 0 Å². The first kappa shape index (κ1) is 19.4. The number of rotatable bonds is 4. The first-order valence-corrected chi connectivity index (χ1v) is 9.73. The lowest BCUT2D eigenvalue weighted by Gasteiger charge is -2.07. The molecule has 4 aromatic rings. The minimum absolute atomic E-state index is 0.838. The van der Waals surface area contributed by atoms with Crippen LogP contribution in [-0.2, 0) is 0 Å². The molecule has 2 nitrogen and oxygen atoms in total. The maximum absolute atomic E-state index is 4.55. The molecular formula is C26H26N2. The van der Waals surface area contributed by atoms with Gasteiger partial charge in [-0.25, -0.2) is 4.98 Å². The van der Waals surface area contributed by atoms with Gasteiger partial charge in [-0.1, -0.05) is 80.6 Å². The van der Waals surface area contributed by atoms with Crippen molar-refractivity contribution in [3.05, 3.63) is 103 Å². The number of pyridine rings is 1. The van der Waals surface area contributed by atoms with Crippen LogP contribution in [0.15, 0.2) is 97.3 Å². The van der Waals surface area contributed by atoms with E-state index in [2.05, 4.69) is 77.9 Å². The Morgan fingerprint density at radius 1 is 0.750 bits per heavy atom. The van der Waals surface area contributed by atoms with Crippen LogP contribution in [-0.4, -0.2) is 4.98 Å². The molecule has 140 valence electrons. The normalized spacial score (nSPS) is 10.9. The molecule has 0 bridgehead atoms. The third-order valence-corrected chi connectivity index (χ3v) is 4.51. The minimum Gasteiger partial charge on any atom is -0.346 e. The van der Waals surface area contributed by atoms with Crippen molar-refractivity contribution in [3.63, 3.8) is 0 Å².